The van der Waals surface area contributed by atoms with Crippen molar-refractivity contribution in [1.82, 2.24) is 15.2 Å². The second-order valence-electron chi connectivity index (χ2n) is 5.42. The number of hydrogen-bond acceptors (Lipinski definition) is 3. The van der Waals surface area contributed by atoms with E-state index in [0.717, 1.165) is 23.6 Å². The summed E-state index contributed by atoms with van der Waals surface area (Å²) in [5.41, 5.74) is 1.24. The van der Waals surface area contributed by atoms with Crippen molar-refractivity contribution in [2.75, 3.05) is 19.6 Å². The zero-order valence-electron chi connectivity index (χ0n) is 11.7. The van der Waals surface area contributed by atoms with Gasteiger partial charge in [-0.25, -0.2) is 0 Å². The van der Waals surface area contributed by atoms with Crippen LogP contribution in [0.25, 0.3) is 0 Å². The summed E-state index contributed by atoms with van der Waals surface area (Å²) in [5, 5.41) is 3.50. The molecule has 2 rings (SSSR count). The lowest BCUT2D eigenvalue weighted by Gasteiger charge is -2.33. The van der Waals surface area contributed by atoms with Crippen molar-refractivity contribution in [2.24, 2.45) is 0 Å². The molecule has 0 aromatic carbocycles. The Kier molecular flexibility index (Phi) is 6.28. The quantitative estimate of drug-likeness (QED) is 0.814. The highest BCUT2D eigenvalue weighted by Crippen LogP contribution is 2.16. The molecule has 0 aliphatic carbocycles. The Hall–Kier alpha value is -0.450. The van der Waals surface area contributed by atoms with E-state index in [1.165, 1.54) is 44.3 Å². The van der Waals surface area contributed by atoms with Crippen molar-refractivity contribution in [3.05, 3.63) is 28.5 Å². The highest BCUT2D eigenvalue weighted by molar-refractivity contribution is 9.10. The van der Waals surface area contributed by atoms with Gasteiger partial charge in [0.05, 0.1) is 0 Å². The van der Waals surface area contributed by atoms with Crippen molar-refractivity contribution in [2.45, 2.75) is 45.2 Å². The van der Waals surface area contributed by atoms with Crippen LogP contribution < -0.4 is 5.32 Å². The van der Waals surface area contributed by atoms with Crippen molar-refractivity contribution in [3.8, 4) is 0 Å². The van der Waals surface area contributed by atoms with Crippen molar-refractivity contribution < 1.29 is 0 Å². The van der Waals surface area contributed by atoms with Gasteiger partial charge in [0.25, 0.3) is 0 Å². The predicted octanol–water partition coefficient (Wildman–Crippen LogP) is 3.20. The van der Waals surface area contributed by atoms with Gasteiger partial charge in [0.1, 0.15) is 0 Å². The van der Waals surface area contributed by atoms with Gasteiger partial charge in [-0.1, -0.05) is 6.42 Å². The van der Waals surface area contributed by atoms with Gasteiger partial charge >= 0.3 is 0 Å². The lowest BCUT2D eigenvalue weighted by molar-refractivity contribution is 0.159. The second kappa shape index (κ2) is 7.98. The Balaban J connectivity index is 1.59. The topological polar surface area (TPSA) is 28.2 Å². The number of piperidine rings is 1. The lowest BCUT2D eigenvalue weighted by Crippen LogP contribution is -2.38. The highest BCUT2D eigenvalue weighted by atomic mass is 79.9. The first-order valence-corrected chi connectivity index (χ1v) is 8.09. The first-order valence-electron chi connectivity index (χ1n) is 7.30. The molecule has 2 heterocycles. The third-order valence-electron chi connectivity index (χ3n) is 3.83. The van der Waals surface area contributed by atoms with E-state index in [2.05, 4.69) is 44.1 Å². The summed E-state index contributed by atoms with van der Waals surface area (Å²) in [7, 11) is 0. The maximum absolute atomic E-state index is 4.17. The third kappa shape index (κ3) is 5.21. The van der Waals surface area contributed by atoms with Crippen LogP contribution in [0.1, 0.15) is 38.2 Å². The number of nitrogens with one attached hydrogen (secondary N) is 1. The minimum Gasteiger partial charge on any atom is -0.313 e. The van der Waals surface area contributed by atoms with E-state index in [9.17, 15) is 0 Å². The van der Waals surface area contributed by atoms with Crippen molar-refractivity contribution in [3.63, 3.8) is 0 Å². The zero-order chi connectivity index (χ0) is 13.5. The maximum Gasteiger partial charge on any atom is 0.0410 e. The number of rotatable bonds is 6. The summed E-state index contributed by atoms with van der Waals surface area (Å²) in [5.74, 6) is 0. The second-order valence-corrected chi connectivity index (χ2v) is 6.34. The first-order chi connectivity index (χ1) is 9.25. The van der Waals surface area contributed by atoms with Crippen LogP contribution in [0.2, 0.25) is 0 Å². The average Bonchev–Trinajstić information content (AvgIpc) is 2.40. The number of hydrogen-bond donors (Lipinski definition) is 1. The molecule has 1 aliphatic heterocycles. The molecule has 4 heteroatoms. The van der Waals surface area contributed by atoms with Gasteiger partial charge in [-0.3, -0.25) is 4.98 Å². The average molecular weight is 326 g/mol. The molecule has 19 heavy (non-hydrogen) atoms. The van der Waals surface area contributed by atoms with E-state index in [1.807, 2.05) is 12.4 Å². The molecule has 1 aliphatic rings. The lowest BCUT2D eigenvalue weighted by atomic mass is 10.0. The maximum atomic E-state index is 4.17. The van der Waals surface area contributed by atoms with Gasteiger partial charge < -0.3 is 10.2 Å². The molecule has 0 bridgehead atoms. The molecule has 1 fully saturated rings. The Morgan fingerprint density at radius 2 is 2.32 bits per heavy atom. The summed E-state index contributed by atoms with van der Waals surface area (Å²) in [6, 6.07) is 2.90. The molecular weight excluding hydrogens is 302 g/mol. The standard InChI is InChI=1S/C15H24BrN3/c1-13-5-2-3-7-19(13)8-4-6-17-10-14-9-15(16)12-18-11-14/h9,11-13,17H,2-8,10H2,1H3. The number of aromatic nitrogens is 1. The van der Waals surface area contributed by atoms with Crippen molar-refractivity contribution in [1.29, 1.82) is 0 Å². The molecule has 106 valence electrons. The number of halogens is 1. The van der Waals surface area contributed by atoms with Gasteiger partial charge in [-0.2, -0.15) is 0 Å². The Labute approximate surface area is 124 Å². The van der Waals surface area contributed by atoms with Gasteiger partial charge in [0.2, 0.25) is 0 Å². The molecule has 0 radical (unpaired) electrons. The van der Waals surface area contributed by atoms with E-state index in [-0.39, 0.29) is 0 Å². The Bertz CT molecular complexity index is 383. The van der Waals surface area contributed by atoms with Crippen LogP contribution in [0.15, 0.2) is 22.9 Å². The molecule has 0 amide bonds. The van der Waals surface area contributed by atoms with Crippen molar-refractivity contribution >= 4 is 15.9 Å². The number of pyridine rings is 1. The molecule has 1 aromatic rings. The van der Waals surface area contributed by atoms with Crippen LogP contribution in [-0.2, 0) is 6.54 Å². The smallest absolute Gasteiger partial charge is 0.0410 e. The van der Waals surface area contributed by atoms with E-state index >= 15 is 0 Å². The number of nitrogens with zero attached hydrogens (tertiary/aromatic N) is 2. The molecule has 1 aromatic heterocycles. The Morgan fingerprint density at radius 3 is 3.11 bits per heavy atom. The van der Waals surface area contributed by atoms with Crippen LogP contribution in [-0.4, -0.2) is 35.6 Å². The molecule has 3 nitrogen and oxygen atoms in total. The van der Waals surface area contributed by atoms with E-state index < -0.39 is 0 Å². The summed E-state index contributed by atoms with van der Waals surface area (Å²) < 4.78 is 1.05. The van der Waals surface area contributed by atoms with E-state index in [4.69, 9.17) is 0 Å². The molecule has 0 saturated carbocycles. The van der Waals surface area contributed by atoms with Crippen LogP contribution in [0, 0.1) is 0 Å². The van der Waals surface area contributed by atoms with Crippen LogP contribution in [0.3, 0.4) is 0 Å². The minimum absolute atomic E-state index is 0.781. The third-order valence-corrected chi connectivity index (χ3v) is 4.26. The van der Waals surface area contributed by atoms with Gasteiger partial charge in [0.15, 0.2) is 0 Å². The van der Waals surface area contributed by atoms with Crippen LogP contribution in [0.4, 0.5) is 0 Å². The number of likely N-dealkylation sites (tertiary alicyclic amines) is 1. The van der Waals surface area contributed by atoms with Gasteiger partial charge in [-0.05, 0) is 73.4 Å². The van der Waals surface area contributed by atoms with Crippen LogP contribution >= 0.6 is 15.9 Å². The minimum atomic E-state index is 0.781. The zero-order valence-corrected chi connectivity index (χ0v) is 13.3. The summed E-state index contributed by atoms with van der Waals surface area (Å²) in [6.07, 6.45) is 9.13. The van der Waals surface area contributed by atoms with E-state index in [0.29, 0.717) is 0 Å². The monoisotopic (exact) mass is 325 g/mol. The summed E-state index contributed by atoms with van der Waals surface area (Å²) >= 11 is 3.45. The van der Waals surface area contributed by atoms with E-state index in [1.54, 1.807) is 0 Å². The largest absolute Gasteiger partial charge is 0.313 e. The molecule has 0 spiro atoms. The molecule has 1 saturated heterocycles. The van der Waals surface area contributed by atoms with Gasteiger partial charge in [0, 0.05) is 29.5 Å². The molecular formula is C15H24BrN3. The highest BCUT2D eigenvalue weighted by Gasteiger charge is 2.16. The molecule has 1 unspecified atom stereocenters. The summed E-state index contributed by atoms with van der Waals surface area (Å²) in [4.78, 5) is 6.80. The SMILES string of the molecule is CC1CCCCN1CCCNCc1cncc(Br)c1. The van der Waals surface area contributed by atoms with Gasteiger partial charge in [-0.15, -0.1) is 0 Å². The summed E-state index contributed by atoms with van der Waals surface area (Å²) in [6.45, 7) is 6.86. The normalized spacial score (nSPS) is 20.6. The fourth-order valence-corrected chi connectivity index (χ4v) is 3.09. The van der Waals surface area contributed by atoms with Crippen LogP contribution in [0.5, 0.6) is 0 Å². The fraction of sp³-hybridized carbons (Fsp3) is 0.667. The first kappa shape index (κ1) is 14.9. The Morgan fingerprint density at radius 1 is 1.42 bits per heavy atom. The predicted molar refractivity (Wildman–Crippen MR) is 83.1 cm³/mol. The molecule has 1 N–H and O–H groups in total. The molecule has 1 atom stereocenters. The fourth-order valence-electron chi connectivity index (χ4n) is 2.68.